The second-order valence-electron chi connectivity index (χ2n) is 2.91. The van der Waals surface area contributed by atoms with Gasteiger partial charge < -0.3 is 15.6 Å². The van der Waals surface area contributed by atoms with Crippen molar-refractivity contribution in [2.45, 2.75) is 6.42 Å². The van der Waals surface area contributed by atoms with Gasteiger partial charge in [-0.15, -0.1) is 0 Å². The zero-order valence-corrected chi connectivity index (χ0v) is 6.91. The van der Waals surface area contributed by atoms with Crippen LogP contribution in [0.15, 0.2) is 12.1 Å². The number of carboxylic acid groups (broad SMARTS) is 1. The molecule has 1 heterocycles. The minimum absolute atomic E-state index is 0.293. The van der Waals surface area contributed by atoms with Crippen LogP contribution in [-0.4, -0.2) is 17.7 Å². The van der Waals surface area contributed by atoms with E-state index in [2.05, 4.69) is 0 Å². The van der Waals surface area contributed by atoms with Crippen molar-refractivity contribution in [1.82, 2.24) is 0 Å². The second-order valence-corrected chi connectivity index (χ2v) is 2.91. The summed E-state index contributed by atoms with van der Waals surface area (Å²) < 4.78 is 5.23. The van der Waals surface area contributed by atoms with Crippen LogP contribution in [0.1, 0.15) is 15.9 Å². The Bertz CT molecular complexity index is 373. The van der Waals surface area contributed by atoms with Gasteiger partial charge in [-0.3, -0.25) is 0 Å². The maximum atomic E-state index is 10.8. The van der Waals surface area contributed by atoms with Gasteiger partial charge in [-0.2, -0.15) is 0 Å². The highest BCUT2D eigenvalue weighted by Gasteiger charge is 2.21. The largest absolute Gasteiger partial charge is 0.491 e. The molecule has 0 fully saturated rings. The van der Waals surface area contributed by atoms with E-state index in [1.807, 2.05) is 0 Å². The summed E-state index contributed by atoms with van der Waals surface area (Å²) in [6.45, 7) is 0.518. The van der Waals surface area contributed by atoms with Gasteiger partial charge in [0.05, 0.1) is 17.9 Å². The first kappa shape index (κ1) is 7.91. The predicted octanol–water partition coefficient (Wildman–Crippen LogP) is 0.902. The number of fused-ring (bicyclic) bond motifs is 1. The monoisotopic (exact) mass is 179 g/mol. The third kappa shape index (κ3) is 1.11. The Hall–Kier alpha value is -1.71. The molecule has 0 spiro atoms. The fourth-order valence-corrected chi connectivity index (χ4v) is 1.52. The summed E-state index contributed by atoms with van der Waals surface area (Å²) in [6.07, 6.45) is 0.627. The molecule has 4 nitrogen and oxygen atoms in total. The van der Waals surface area contributed by atoms with Gasteiger partial charge in [0.2, 0.25) is 0 Å². The Morgan fingerprint density at radius 2 is 2.31 bits per heavy atom. The van der Waals surface area contributed by atoms with E-state index in [1.54, 1.807) is 6.07 Å². The van der Waals surface area contributed by atoms with Gasteiger partial charge in [-0.25, -0.2) is 4.79 Å². The molecule has 0 saturated carbocycles. The molecule has 1 aliphatic heterocycles. The Labute approximate surface area is 74.9 Å². The summed E-state index contributed by atoms with van der Waals surface area (Å²) >= 11 is 0. The molecule has 0 bridgehead atoms. The highest BCUT2D eigenvalue weighted by Crippen LogP contribution is 2.34. The molecule has 0 saturated heterocycles. The molecular formula is C9H9NO3. The Balaban J connectivity index is 2.62. The van der Waals surface area contributed by atoms with Crippen molar-refractivity contribution in [3.05, 3.63) is 23.3 Å². The van der Waals surface area contributed by atoms with Crippen LogP contribution in [0.5, 0.6) is 5.75 Å². The van der Waals surface area contributed by atoms with Crippen LogP contribution in [0.2, 0.25) is 0 Å². The zero-order chi connectivity index (χ0) is 9.42. The van der Waals surface area contributed by atoms with Gasteiger partial charge in [0.15, 0.2) is 0 Å². The molecule has 1 aliphatic rings. The summed E-state index contributed by atoms with van der Waals surface area (Å²) in [4.78, 5) is 10.8. The molecule has 0 aliphatic carbocycles. The van der Waals surface area contributed by atoms with Crippen molar-refractivity contribution >= 4 is 11.7 Å². The SMILES string of the molecule is Nc1ccc(C(=O)O)c2c1OCC2. The number of aromatic carboxylic acids is 1. The van der Waals surface area contributed by atoms with Crippen molar-refractivity contribution in [2.24, 2.45) is 0 Å². The van der Waals surface area contributed by atoms with E-state index in [0.29, 0.717) is 35.6 Å². The number of anilines is 1. The van der Waals surface area contributed by atoms with Crippen molar-refractivity contribution in [3.8, 4) is 5.75 Å². The molecule has 0 aromatic heterocycles. The van der Waals surface area contributed by atoms with Crippen LogP contribution in [0, 0.1) is 0 Å². The summed E-state index contributed by atoms with van der Waals surface area (Å²) in [5.74, 6) is -0.387. The highest BCUT2D eigenvalue weighted by atomic mass is 16.5. The number of benzene rings is 1. The van der Waals surface area contributed by atoms with E-state index in [-0.39, 0.29) is 0 Å². The standard InChI is InChI=1S/C9H9NO3/c10-7-2-1-6(9(11)12)5-3-4-13-8(5)7/h1-2H,3-4,10H2,(H,11,12). The van der Waals surface area contributed by atoms with Crippen LogP contribution in [0.4, 0.5) is 5.69 Å². The fourth-order valence-electron chi connectivity index (χ4n) is 1.52. The van der Waals surface area contributed by atoms with Crippen LogP contribution in [0.25, 0.3) is 0 Å². The highest BCUT2D eigenvalue weighted by molar-refractivity contribution is 5.91. The molecule has 2 rings (SSSR count). The first-order chi connectivity index (χ1) is 6.20. The molecule has 4 heteroatoms. The van der Waals surface area contributed by atoms with Gasteiger partial charge in [0.25, 0.3) is 0 Å². The average Bonchev–Trinajstić information content (AvgIpc) is 2.53. The summed E-state index contributed by atoms with van der Waals surface area (Å²) in [6, 6.07) is 3.08. The van der Waals surface area contributed by atoms with Crippen molar-refractivity contribution in [2.75, 3.05) is 12.3 Å². The molecule has 0 amide bonds. The second kappa shape index (κ2) is 2.65. The Morgan fingerprint density at radius 1 is 1.54 bits per heavy atom. The predicted molar refractivity (Wildman–Crippen MR) is 47.0 cm³/mol. The number of ether oxygens (including phenoxy) is 1. The van der Waals surface area contributed by atoms with E-state index in [9.17, 15) is 4.79 Å². The van der Waals surface area contributed by atoms with Gasteiger partial charge in [0, 0.05) is 12.0 Å². The van der Waals surface area contributed by atoms with E-state index in [1.165, 1.54) is 6.07 Å². The Kier molecular flexibility index (Phi) is 1.62. The quantitative estimate of drug-likeness (QED) is 0.628. The molecule has 3 N–H and O–H groups in total. The molecule has 0 radical (unpaired) electrons. The maximum Gasteiger partial charge on any atom is 0.336 e. The third-order valence-corrected chi connectivity index (χ3v) is 2.12. The lowest BCUT2D eigenvalue weighted by Gasteiger charge is -2.05. The molecule has 68 valence electrons. The van der Waals surface area contributed by atoms with Crippen molar-refractivity contribution in [1.29, 1.82) is 0 Å². The molecule has 13 heavy (non-hydrogen) atoms. The minimum Gasteiger partial charge on any atom is -0.491 e. The number of hydrogen-bond acceptors (Lipinski definition) is 3. The van der Waals surface area contributed by atoms with Crippen LogP contribution >= 0.6 is 0 Å². The van der Waals surface area contributed by atoms with Gasteiger partial charge in [-0.1, -0.05) is 0 Å². The first-order valence-electron chi connectivity index (χ1n) is 3.97. The molecule has 0 atom stereocenters. The molecular weight excluding hydrogens is 170 g/mol. The van der Waals surface area contributed by atoms with Crippen molar-refractivity contribution in [3.63, 3.8) is 0 Å². The van der Waals surface area contributed by atoms with Gasteiger partial charge >= 0.3 is 5.97 Å². The van der Waals surface area contributed by atoms with Gasteiger partial charge in [0.1, 0.15) is 5.75 Å². The molecule has 1 aromatic carbocycles. The summed E-state index contributed by atoms with van der Waals surface area (Å²) in [5, 5.41) is 8.84. The minimum atomic E-state index is -0.929. The average molecular weight is 179 g/mol. The summed E-state index contributed by atoms with van der Waals surface area (Å²) in [5.41, 5.74) is 7.14. The van der Waals surface area contributed by atoms with Crippen molar-refractivity contribution < 1.29 is 14.6 Å². The number of rotatable bonds is 1. The number of nitrogen functional groups attached to an aromatic ring is 1. The van der Waals surface area contributed by atoms with Gasteiger partial charge in [-0.05, 0) is 12.1 Å². The van der Waals surface area contributed by atoms with E-state index in [0.717, 1.165) is 0 Å². The zero-order valence-electron chi connectivity index (χ0n) is 6.91. The molecule has 1 aromatic rings. The lowest BCUT2D eigenvalue weighted by atomic mass is 10.0. The Morgan fingerprint density at radius 3 is 3.00 bits per heavy atom. The lowest BCUT2D eigenvalue weighted by molar-refractivity contribution is 0.0696. The van der Waals surface area contributed by atoms with E-state index >= 15 is 0 Å². The van der Waals surface area contributed by atoms with Crippen LogP contribution in [-0.2, 0) is 6.42 Å². The van der Waals surface area contributed by atoms with Crippen LogP contribution < -0.4 is 10.5 Å². The lowest BCUT2D eigenvalue weighted by Crippen LogP contribution is -2.01. The number of nitrogens with two attached hydrogens (primary N) is 1. The normalized spacial score (nSPS) is 13.5. The molecule has 0 unspecified atom stereocenters. The topological polar surface area (TPSA) is 72.6 Å². The van der Waals surface area contributed by atoms with E-state index in [4.69, 9.17) is 15.6 Å². The van der Waals surface area contributed by atoms with E-state index < -0.39 is 5.97 Å². The first-order valence-corrected chi connectivity index (χ1v) is 3.97. The number of carboxylic acids is 1. The van der Waals surface area contributed by atoms with Crippen LogP contribution in [0.3, 0.4) is 0 Å². The smallest absolute Gasteiger partial charge is 0.336 e. The number of hydrogen-bond donors (Lipinski definition) is 2. The number of carbonyl (C=O) groups is 1. The third-order valence-electron chi connectivity index (χ3n) is 2.12. The summed E-state index contributed by atoms with van der Waals surface area (Å²) in [7, 11) is 0. The fraction of sp³-hybridized carbons (Fsp3) is 0.222. The maximum absolute atomic E-state index is 10.8.